The Morgan fingerprint density at radius 2 is 2.25 bits per heavy atom. The van der Waals surface area contributed by atoms with Crippen LogP contribution in [0.15, 0.2) is 12.3 Å². The van der Waals surface area contributed by atoms with Crippen molar-refractivity contribution in [3.05, 3.63) is 23.5 Å². The predicted octanol–water partition coefficient (Wildman–Crippen LogP) is 1.38. The second kappa shape index (κ2) is 7.45. The van der Waals surface area contributed by atoms with Crippen LogP contribution in [0.2, 0.25) is 0 Å². The Kier molecular flexibility index (Phi) is 6.23. The van der Waals surface area contributed by atoms with E-state index in [1.54, 1.807) is 23.9 Å². The summed E-state index contributed by atoms with van der Waals surface area (Å²) in [4.78, 5) is 23.4. The highest BCUT2D eigenvalue weighted by atomic mass is 35.5. The van der Waals surface area contributed by atoms with Gasteiger partial charge in [-0.2, -0.15) is 0 Å². The number of aryl methyl sites for hydroxylation is 1. The van der Waals surface area contributed by atoms with Crippen molar-refractivity contribution >= 4 is 24.1 Å². The van der Waals surface area contributed by atoms with Gasteiger partial charge in [-0.25, -0.2) is 0 Å². The lowest BCUT2D eigenvalue weighted by Gasteiger charge is -2.22. The topological polar surface area (TPSA) is 63.1 Å². The summed E-state index contributed by atoms with van der Waals surface area (Å²) in [5.41, 5.74) is 1.11. The van der Waals surface area contributed by atoms with Gasteiger partial charge in [0.2, 0.25) is 0 Å². The Balaban J connectivity index is 0.00000200. The summed E-state index contributed by atoms with van der Waals surface area (Å²) in [6, 6.07) is 1.65. The molecule has 20 heavy (non-hydrogen) atoms. The first kappa shape index (κ1) is 16.7. The first-order chi connectivity index (χ1) is 9.08. The van der Waals surface area contributed by atoms with E-state index in [-0.39, 0.29) is 24.1 Å². The van der Waals surface area contributed by atoms with E-state index in [0.29, 0.717) is 23.7 Å². The van der Waals surface area contributed by atoms with Crippen LogP contribution in [0.1, 0.15) is 40.6 Å². The van der Waals surface area contributed by atoms with Crippen LogP contribution in [0, 0.1) is 5.92 Å². The third-order valence-electron chi connectivity index (χ3n) is 3.59. The fourth-order valence-corrected chi connectivity index (χ4v) is 2.41. The van der Waals surface area contributed by atoms with Gasteiger partial charge >= 0.3 is 0 Å². The summed E-state index contributed by atoms with van der Waals surface area (Å²) in [6.45, 7) is 4.23. The lowest BCUT2D eigenvalue weighted by Crippen LogP contribution is -2.38. The van der Waals surface area contributed by atoms with Gasteiger partial charge in [-0.1, -0.05) is 0 Å². The summed E-state index contributed by atoms with van der Waals surface area (Å²) < 4.78 is 1.70. The third kappa shape index (κ3) is 4.08. The number of carbonyl (C=O) groups excluding carboxylic acids is 2. The number of hydrogen-bond acceptors (Lipinski definition) is 3. The minimum atomic E-state index is -0.111. The van der Waals surface area contributed by atoms with E-state index in [1.807, 2.05) is 0 Å². The zero-order chi connectivity index (χ0) is 13.8. The molecule has 0 aliphatic carbocycles. The number of aromatic nitrogens is 1. The van der Waals surface area contributed by atoms with Crippen molar-refractivity contribution in [2.45, 2.75) is 19.8 Å². The van der Waals surface area contributed by atoms with Crippen LogP contribution in [0.25, 0.3) is 0 Å². The van der Waals surface area contributed by atoms with Crippen LogP contribution in [0.5, 0.6) is 0 Å². The van der Waals surface area contributed by atoms with Crippen molar-refractivity contribution in [1.82, 2.24) is 15.2 Å². The molecule has 5 nitrogen and oxygen atoms in total. The molecule has 1 aromatic heterocycles. The Morgan fingerprint density at radius 3 is 2.80 bits per heavy atom. The van der Waals surface area contributed by atoms with Crippen molar-refractivity contribution < 1.29 is 9.59 Å². The minimum absolute atomic E-state index is 0. The standard InChI is InChI=1S/C14H21N3O2.ClH/c1-10(18)12-6-13(17(2)9-12)14(19)16-8-11-4-3-5-15-7-11;/h6,9,11,15H,3-5,7-8H2,1-2H3,(H,16,19);1H. The third-order valence-corrected chi connectivity index (χ3v) is 3.59. The lowest BCUT2D eigenvalue weighted by molar-refractivity contribution is 0.0936. The molecule has 0 aromatic carbocycles. The molecule has 0 saturated carbocycles. The first-order valence-electron chi connectivity index (χ1n) is 6.74. The summed E-state index contributed by atoms with van der Waals surface area (Å²) in [5.74, 6) is 0.372. The van der Waals surface area contributed by atoms with E-state index in [0.717, 1.165) is 19.5 Å². The van der Waals surface area contributed by atoms with Gasteiger partial charge in [0.25, 0.3) is 5.91 Å². The second-order valence-electron chi connectivity index (χ2n) is 5.20. The van der Waals surface area contributed by atoms with E-state index in [4.69, 9.17) is 0 Å². The number of halogens is 1. The number of Topliss-reactive ketones (excluding diaryl/α,β-unsaturated/α-hetero) is 1. The Bertz CT molecular complexity index is 479. The molecular formula is C14H22ClN3O2. The first-order valence-corrected chi connectivity index (χ1v) is 6.74. The van der Waals surface area contributed by atoms with Gasteiger partial charge < -0.3 is 15.2 Å². The molecule has 0 radical (unpaired) electrons. The predicted molar refractivity (Wildman–Crippen MR) is 80.6 cm³/mol. The summed E-state index contributed by atoms with van der Waals surface area (Å²) in [5, 5.41) is 6.28. The fraction of sp³-hybridized carbons (Fsp3) is 0.571. The van der Waals surface area contributed by atoms with Gasteiger partial charge in [0.15, 0.2) is 5.78 Å². The molecule has 1 atom stereocenters. The highest BCUT2D eigenvalue weighted by molar-refractivity contribution is 5.99. The number of hydrogen-bond donors (Lipinski definition) is 2. The van der Waals surface area contributed by atoms with Crippen LogP contribution < -0.4 is 10.6 Å². The maximum atomic E-state index is 12.1. The van der Waals surface area contributed by atoms with Crippen molar-refractivity contribution in [2.24, 2.45) is 13.0 Å². The summed E-state index contributed by atoms with van der Waals surface area (Å²) in [7, 11) is 1.78. The average molecular weight is 300 g/mol. The average Bonchev–Trinajstić information content (AvgIpc) is 2.80. The van der Waals surface area contributed by atoms with Crippen LogP contribution >= 0.6 is 12.4 Å². The molecule has 1 aromatic rings. The van der Waals surface area contributed by atoms with E-state index in [9.17, 15) is 9.59 Å². The van der Waals surface area contributed by atoms with Gasteiger partial charge in [-0.05, 0) is 44.8 Å². The lowest BCUT2D eigenvalue weighted by atomic mass is 10.00. The van der Waals surface area contributed by atoms with Gasteiger partial charge in [0, 0.05) is 25.4 Å². The molecule has 6 heteroatoms. The molecule has 1 aliphatic rings. The van der Waals surface area contributed by atoms with Crippen molar-refractivity contribution in [3.8, 4) is 0 Å². The number of rotatable bonds is 4. The van der Waals surface area contributed by atoms with E-state index >= 15 is 0 Å². The maximum Gasteiger partial charge on any atom is 0.267 e. The number of piperidine rings is 1. The molecule has 2 rings (SSSR count). The van der Waals surface area contributed by atoms with Crippen molar-refractivity contribution in [1.29, 1.82) is 0 Å². The molecule has 2 N–H and O–H groups in total. The summed E-state index contributed by atoms with van der Waals surface area (Å²) >= 11 is 0. The van der Waals surface area contributed by atoms with Gasteiger partial charge in [-0.15, -0.1) is 12.4 Å². The van der Waals surface area contributed by atoms with E-state index in [1.165, 1.54) is 13.3 Å². The van der Waals surface area contributed by atoms with Gasteiger partial charge in [0.1, 0.15) is 5.69 Å². The van der Waals surface area contributed by atoms with E-state index in [2.05, 4.69) is 10.6 Å². The Labute approximate surface area is 125 Å². The van der Waals surface area contributed by atoms with Crippen LogP contribution in [0.4, 0.5) is 0 Å². The highest BCUT2D eigenvalue weighted by Crippen LogP contribution is 2.10. The molecule has 2 heterocycles. The summed E-state index contributed by atoms with van der Waals surface area (Å²) in [6.07, 6.45) is 4.01. The monoisotopic (exact) mass is 299 g/mol. The Hall–Kier alpha value is -1.33. The molecule has 112 valence electrons. The van der Waals surface area contributed by atoms with Gasteiger partial charge in [0.05, 0.1) is 0 Å². The van der Waals surface area contributed by atoms with Crippen LogP contribution in [-0.2, 0) is 7.05 Å². The molecule has 1 unspecified atom stereocenters. The SMILES string of the molecule is CC(=O)c1cc(C(=O)NCC2CCCNC2)n(C)c1.Cl. The van der Waals surface area contributed by atoms with Crippen LogP contribution in [-0.4, -0.2) is 35.9 Å². The number of amides is 1. The molecule has 1 aliphatic heterocycles. The van der Waals surface area contributed by atoms with Crippen molar-refractivity contribution in [2.75, 3.05) is 19.6 Å². The van der Waals surface area contributed by atoms with Crippen molar-refractivity contribution in [3.63, 3.8) is 0 Å². The van der Waals surface area contributed by atoms with Gasteiger partial charge in [-0.3, -0.25) is 9.59 Å². The zero-order valence-corrected chi connectivity index (χ0v) is 12.8. The molecule has 1 saturated heterocycles. The fourth-order valence-electron chi connectivity index (χ4n) is 2.41. The molecule has 1 amide bonds. The number of nitrogens with one attached hydrogen (secondary N) is 2. The van der Waals surface area contributed by atoms with Crippen LogP contribution in [0.3, 0.4) is 0 Å². The zero-order valence-electron chi connectivity index (χ0n) is 11.9. The molecule has 0 spiro atoms. The van der Waals surface area contributed by atoms with E-state index < -0.39 is 0 Å². The normalized spacial score (nSPS) is 18.2. The quantitative estimate of drug-likeness (QED) is 0.826. The highest BCUT2D eigenvalue weighted by Gasteiger charge is 2.17. The maximum absolute atomic E-state index is 12.1. The number of ketones is 1. The molecular weight excluding hydrogens is 278 g/mol. The smallest absolute Gasteiger partial charge is 0.267 e. The second-order valence-corrected chi connectivity index (χ2v) is 5.20. The molecule has 1 fully saturated rings. The largest absolute Gasteiger partial charge is 0.350 e. The minimum Gasteiger partial charge on any atom is -0.350 e. The number of carbonyl (C=O) groups is 2. The Morgan fingerprint density at radius 1 is 1.50 bits per heavy atom. The number of nitrogens with zero attached hydrogens (tertiary/aromatic N) is 1. The molecule has 0 bridgehead atoms.